The lowest BCUT2D eigenvalue weighted by molar-refractivity contribution is -0.152. The lowest BCUT2D eigenvalue weighted by Gasteiger charge is -2.30. The quantitative estimate of drug-likeness (QED) is 0.611. The minimum atomic E-state index is -0.103. The normalized spacial score (nSPS) is 24.8. The first-order valence-corrected chi connectivity index (χ1v) is 10.6. The molecule has 0 saturated heterocycles. The summed E-state index contributed by atoms with van der Waals surface area (Å²) in [7, 11) is 0. The third kappa shape index (κ3) is 3.73. The van der Waals surface area contributed by atoms with Crippen LogP contribution < -0.4 is 5.32 Å². The Balaban J connectivity index is 1.26. The molecule has 154 valence electrons. The molecule has 2 aliphatic rings. The molecule has 1 heterocycles. The Hall–Kier alpha value is -3.06. The maximum atomic E-state index is 13.0. The van der Waals surface area contributed by atoms with Crippen LogP contribution in [0.4, 0.5) is 0 Å². The Labute approximate surface area is 175 Å². The third-order valence-corrected chi connectivity index (χ3v) is 6.44. The average Bonchev–Trinajstić information content (AvgIpc) is 3.53. The minimum absolute atomic E-state index is 0.0915. The van der Waals surface area contributed by atoms with Crippen LogP contribution in [0.5, 0.6) is 0 Å². The monoisotopic (exact) mass is 403 g/mol. The van der Waals surface area contributed by atoms with Gasteiger partial charge >= 0.3 is 5.97 Å². The number of nitrogens with one attached hydrogen (secondary N) is 1. The molecule has 0 unspecified atom stereocenters. The van der Waals surface area contributed by atoms with Crippen LogP contribution in [0.25, 0.3) is 5.69 Å². The van der Waals surface area contributed by atoms with Gasteiger partial charge in [0.05, 0.1) is 18.2 Å². The molecule has 0 aliphatic heterocycles. The van der Waals surface area contributed by atoms with Gasteiger partial charge in [-0.05, 0) is 59.2 Å². The molecule has 5 rings (SSSR count). The molecule has 3 aromatic rings. The molecule has 2 aromatic carbocycles. The zero-order chi connectivity index (χ0) is 20.3. The van der Waals surface area contributed by atoms with Gasteiger partial charge in [-0.1, -0.05) is 48.5 Å². The third-order valence-electron chi connectivity index (χ3n) is 6.44. The highest BCUT2D eigenvalue weighted by atomic mass is 16.5. The largest absolute Gasteiger partial charge is 0.461 e. The molecule has 0 amide bonds. The summed E-state index contributed by atoms with van der Waals surface area (Å²) in [6.07, 6.45) is 3.36. The number of hydrogen-bond acceptors (Lipinski definition) is 6. The number of aromatic nitrogens is 4. The van der Waals surface area contributed by atoms with Crippen molar-refractivity contribution in [3.05, 3.63) is 72.1 Å². The first-order valence-electron chi connectivity index (χ1n) is 10.6. The summed E-state index contributed by atoms with van der Waals surface area (Å²) in [6, 6.07) is 19.8. The number of esters is 1. The highest BCUT2D eigenvalue weighted by Gasteiger charge is 2.51. The van der Waals surface area contributed by atoms with Crippen LogP contribution in [0.2, 0.25) is 0 Å². The number of fused-ring (bicyclic) bond motifs is 2. The summed E-state index contributed by atoms with van der Waals surface area (Å²) in [6.45, 7) is 0.838. The molecular weight excluding hydrogens is 378 g/mol. The Morgan fingerprint density at radius 2 is 1.77 bits per heavy atom. The van der Waals surface area contributed by atoms with Gasteiger partial charge in [-0.15, -0.1) is 5.10 Å². The molecule has 30 heavy (non-hydrogen) atoms. The van der Waals surface area contributed by atoms with Crippen molar-refractivity contribution in [1.29, 1.82) is 0 Å². The molecule has 0 radical (unpaired) electrons. The van der Waals surface area contributed by atoms with E-state index in [2.05, 4.69) is 20.8 Å². The summed E-state index contributed by atoms with van der Waals surface area (Å²) in [4.78, 5) is 13.0. The Morgan fingerprint density at radius 1 is 1.03 bits per heavy atom. The Kier molecular flexibility index (Phi) is 5.27. The van der Waals surface area contributed by atoms with Gasteiger partial charge in [0.2, 0.25) is 0 Å². The van der Waals surface area contributed by atoms with E-state index >= 15 is 0 Å². The summed E-state index contributed by atoms with van der Waals surface area (Å²) in [5, 5.41) is 15.7. The van der Waals surface area contributed by atoms with Crippen molar-refractivity contribution in [1.82, 2.24) is 25.5 Å². The molecule has 2 aliphatic carbocycles. The first-order chi connectivity index (χ1) is 14.8. The number of hydrogen-bond donors (Lipinski definition) is 1. The first kappa shape index (κ1) is 18.9. The second-order valence-corrected chi connectivity index (χ2v) is 8.20. The lowest BCUT2D eigenvalue weighted by atomic mass is 9.84. The van der Waals surface area contributed by atoms with Gasteiger partial charge in [-0.3, -0.25) is 4.79 Å². The summed E-state index contributed by atoms with van der Waals surface area (Å²) in [5.41, 5.74) is 1.94. The van der Waals surface area contributed by atoms with E-state index in [9.17, 15) is 4.79 Å². The van der Waals surface area contributed by atoms with E-state index in [0.717, 1.165) is 36.3 Å². The van der Waals surface area contributed by atoms with Crippen molar-refractivity contribution in [2.24, 2.45) is 17.8 Å². The number of carbonyl (C=O) groups excluding carboxylic acids is 1. The van der Waals surface area contributed by atoms with E-state index in [4.69, 9.17) is 4.74 Å². The number of ether oxygens (including phenoxy) is 1. The number of benzene rings is 2. The molecule has 2 saturated carbocycles. The molecule has 7 nitrogen and oxygen atoms in total. The molecule has 1 N–H and O–H groups in total. The lowest BCUT2D eigenvalue weighted by Crippen LogP contribution is -2.44. The number of carbonyl (C=O) groups is 1. The smallest absolute Gasteiger partial charge is 0.311 e. The van der Waals surface area contributed by atoms with Gasteiger partial charge in [-0.2, -0.15) is 4.68 Å². The highest BCUT2D eigenvalue weighted by molar-refractivity contribution is 5.74. The van der Waals surface area contributed by atoms with Gasteiger partial charge in [0.25, 0.3) is 0 Å². The zero-order valence-electron chi connectivity index (χ0n) is 16.7. The predicted molar refractivity (Wildman–Crippen MR) is 110 cm³/mol. The predicted octanol–water partition coefficient (Wildman–Crippen LogP) is 2.91. The standard InChI is InChI=1S/C23H25N5O2/c29-23(30-15-16-7-3-1-4-8-16)21-17-11-12-18(13-17)22(21)24-14-20-25-26-27-28(20)19-9-5-2-6-10-19/h1-10,17-18,21-22,24H,11-15H2/t17-,18-,21-,22+/m0/s1. The molecule has 2 fully saturated rings. The molecule has 4 atom stereocenters. The van der Waals surface area contributed by atoms with Crippen molar-refractivity contribution < 1.29 is 9.53 Å². The van der Waals surface area contributed by atoms with Gasteiger partial charge < -0.3 is 10.1 Å². The number of tetrazole rings is 1. The summed E-state index contributed by atoms with van der Waals surface area (Å²) in [5.74, 6) is 1.45. The topological polar surface area (TPSA) is 81.9 Å². The maximum absolute atomic E-state index is 13.0. The van der Waals surface area contributed by atoms with E-state index in [1.807, 2.05) is 60.7 Å². The van der Waals surface area contributed by atoms with Gasteiger partial charge in [-0.25, -0.2) is 0 Å². The Bertz CT molecular complexity index is 991. The van der Waals surface area contributed by atoms with Crippen molar-refractivity contribution in [2.45, 2.75) is 38.5 Å². The van der Waals surface area contributed by atoms with Crippen LogP contribution in [-0.2, 0) is 22.7 Å². The molecule has 1 aromatic heterocycles. The van der Waals surface area contributed by atoms with E-state index < -0.39 is 0 Å². The van der Waals surface area contributed by atoms with Gasteiger partial charge in [0.1, 0.15) is 6.61 Å². The average molecular weight is 403 g/mol. The van der Waals surface area contributed by atoms with Crippen LogP contribution >= 0.6 is 0 Å². The fourth-order valence-corrected chi connectivity index (χ4v) is 5.04. The minimum Gasteiger partial charge on any atom is -0.461 e. The van der Waals surface area contributed by atoms with Gasteiger partial charge in [0, 0.05) is 6.04 Å². The Morgan fingerprint density at radius 3 is 2.57 bits per heavy atom. The van der Waals surface area contributed by atoms with Crippen LogP contribution in [-0.4, -0.2) is 32.2 Å². The molecule has 2 bridgehead atoms. The number of rotatable bonds is 7. The SMILES string of the molecule is O=C(OCc1ccccc1)[C@H]1[C@H]2CC[C@@H](C2)[C@H]1NCc1nnnn1-c1ccccc1. The molecular formula is C23H25N5O2. The van der Waals surface area contributed by atoms with Gasteiger partial charge in [0.15, 0.2) is 5.82 Å². The second-order valence-electron chi connectivity index (χ2n) is 8.20. The van der Waals surface area contributed by atoms with E-state index in [1.54, 1.807) is 4.68 Å². The summed E-state index contributed by atoms with van der Waals surface area (Å²) < 4.78 is 7.44. The van der Waals surface area contributed by atoms with E-state index in [1.165, 1.54) is 0 Å². The molecule has 7 heteroatoms. The number of nitrogens with zero attached hydrogens (tertiary/aromatic N) is 4. The highest BCUT2D eigenvalue weighted by Crippen LogP contribution is 2.49. The van der Waals surface area contributed by atoms with Crippen molar-refractivity contribution in [2.75, 3.05) is 0 Å². The summed E-state index contributed by atoms with van der Waals surface area (Å²) >= 11 is 0. The fraction of sp³-hybridized carbons (Fsp3) is 0.391. The van der Waals surface area contributed by atoms with Crippen LogP contribution in [0.15, 0.2) is 60.7 Å². The van der Waals surface area contributed by atoms with Crippen molar-refractivity contribution in [3.8, 4) is 5.69 Å². The van der Waals surface area contributed by atoms with Crippen LogP contribution in [0.1, 0.15) is 30.7 Å². The van der Waals surface area contributed by atoms with E-state index in [0.29, 0.717) is 25.0 Å². The van der Waals surface area contributed by atoms with Crippen LogP contribution in [0.3, 0.4) is 0 Å². The fourth-order valence-electron chi connectivity index (χ4n) is 5.04. The van der Waals surface area contributed by atoms with E-state index in [-0.39, 0.29) is 17.9 Å². The molecule has 0 spiro atoms. The second kappa shape index (κ2) is 8.36. The van der Waals surface area contributed by atoms with Crippen LogP contribution in [0, 0.1) is 17.8 Å². The maximum Gasteiger partial charge on any atom is 0.311 e. The van der Waals surface area contributed by atoms with Crippen molar-refractivity contribution in [3.63, 3.8) is 0 Å². The van der Waals surface area contributed by atoms with Crippen molar-refractivity contribution >= 4 is 5.97 Å². The zero-order valence-corrected chi connectivity index (χ0v) is 16.7. The number of para-hydroxylation sites is 1.